The van der Waals surface area contributed by atoms with Crippen molar-refractivity contribution in [3.8, 4) is 11.8 Å². The van der Waals surface area contributed by atoms with Gasteiger partial charge in [-0.05, 0) is 5.92 Å². The molecule has 3 nitrogen and oxygen atoms in total. The van der Waals surface area contributed by atoms with E-state index in [0.717, 1.165) is 0 Å². The second-order valence-corrected chi connectivity index (χ2v) is 2.94. The van der Waals surface area contributed by atoms with E-state index in [2.05, 4.69) is 16.8 Å². The molecule has 0 saturated carbocycles. The molecule has 2 N–H and O–H groups in total. The molecule has 4 heteroatoms. The van der Waals surface area contributed by atoms with Gasteiger partial charge in [0, 0.05) is 11.8 Å². The van der Waals surface area contributed by atoms with Crippen molar-refractivity contribution in [1.29, 1.82) is 0 Å². The number of thiazole rings is 1. The standard InChI is InChI=1S/C8H9NO2S/c10-4-2-1-3-8-9-7(5-11)6-12-8/h6,10-11H,2,4-5H2. The summed E-state index contributed by atoms with van der Waals surface area (Å²) in [4.78, 5) is 4.01. The summed E-state index contributed by atoms with van der Waals surface area (Å²) in [5, 5.41) is 19.6. The zero-order valence-corrected chi connectivity index (χ0v) is 7.27. The fourth-order valence-corrected chi connectivity index (χ4v) is 1.31. The van der Waals surface area contributed by atoms with Crippen LogP contribution in [0.25, 0.3) is 0 Å². The molecule has 1 heterocycles. The van der Waals surface area contributed by atoms with Gasteiger partial charge in [-0.3, -0.25) is 0 Å². The van der Waals surface area contributed by atoms with Gasteiger partial charge in [0.25, 0.3) is 0 Å². The average molecular weight is 183 g/mol. The number of rotatable bonds is 2. The summed E-state index contributed by atoms with van der Waals surface area (Å²) >= 11 is 1.40. The van der Waals surface area contributed by atoms with Gasteiger partial charge in [-0.1, -0.05) is 5.92 Å². The molecule has 0 aliphatic heterocycles. The molecule has 0 bridgehead atoms. The van der Waals surface area contributed by atoms with E-state index in [9.17, 15) is 0 Å². The third kappa shape index (κ3) is 2.62. The minimum absolute atomic E-state index is 0.0435. The Bertz CT molecular complexity index is 297. The Morgan fingerprint density at radius 1 is 1.50 bits per heavy atom. The summed E-state index contributed by atoms with van der Waals surface area (Å²) in [6.45, 7) is 0.0312. The Labute approximate surface area is 74.7 Å². The van der Waals surface area contributed by atoms with Gasteiger partial charge < -0.3 is 10.2 Å². The van der Waals surface area contributed by atoms with Crippen LogP contribution < -0.4 is 0 Å². The van der Waals surface area contributed by atoms with Gasteiger partial charge in [0.1, 0.15) is 0 Å². The molecule has 12 heavy (non-hydrogen) atoms. The first-order valence-electron chi connectivity index (χ1n) is 3.52. The Hall–Kier alpha value is -0.890. The highest BCUT2D eigenvalue weighted by Crippen LogP contribution is 2.07. The Morgan fingerprint density at radius 3 is 2.92 bits per heavy atom. The third-order valence-corrected chi connectivity index (χ3v) is 1.95. The first kappa shape index (κ1) is 9.20. The molecule has 0 spiro atoms. The first-order chi connectivity index (χ1) is 5.86. The molecule has 1 aromatic rings. The summed E-state index contributed by atoms with van der Waals surface area (Å²) in [6.07, 6.45) is 0.466. The van der Waals surface area contributed by atoms with Crippen LogP contribution in [0.4, 0.5) is 0 Å². The molecular weight excluding hydrogens is 174 g/mol. The lowest BCUT2D eigenvalue weighted by Crippen LogP contribution is -1.82. The van der Waals surface area contributed by atoms with Gasteiger partial charge >= 0.3 is 0 Å². The number of hydrogen-bond acceptors (Lipinski definition) is 4. The minimum atomic E-state index is -0.0435. The van der Waals surface area contributed by atoms with E-state index in [-0.39, 0.29) is 13.2 Å². The third-order valence-electron chi connectivity index (χ3n) is 1.15. The highest BCUT2D eigenvalue weighted by Gasteiger charge is 1.95. The Morgan fingerprint density at radius 2 is 2.33 bits per heavy atom. The lowest BCUT2D eigenvalue weighted by atomic mass is 10.4. The van der Waals surface area contributed by atoms with E-state index in [1.807, 2.05) is 0 Å². The summed E-state index contributed by atoms with van der Waals surface area (Å²) < 4.78 is 0. The molecule has 0 fully saturated rings. The summed E-state index contributed by atoms with van der Waals surface area (Å²) in [5.41, 5.74) is 0.647. The van der Waals surface area contributed by atoms with Gasteiger partial charge in [0.2, 0.25) is 0 Å². The number of hydrogen-bond donors (Lipinski definition) is 2. The molecule has 0 atom stereocenters. The van der Waals surface area contributed by atoms with Crippen molar-refractivity contribution < 1.29 is 10.2 Å². The maximum Gasteiger partial charge on any atom is 0.167 e. The van der Waals surface area contributed by atoms with Crippen LogP contribution in [0.3, 0.4) is 0 Å². The smallest absolute Gasteiger partial charge is 0.167 e. The second-order valence-electron chi connectivity index (χ2n) is 2.08. The largest absolute Gasteiger partial charge is 0.395 e. The SMILES string of the molecule is OCCC#Cc1nc(CO)cs1. The minimum Gasteiger partial charge on any atom is -0.395 e. The molecular formula is C8H9NO2S. The van der Waals surface area contributed by atoms with Crippen molar-refractivity contribution in [3.05, 3.63) is 16.1 Å². The molecule has 1 rings (SSSR count). The summed E-state index contributed by atoms with van der Waals surface area (Å²) in [7, 11) is 0. The molecule has 64 valence electrons. The maximum atomic E-state index is 8.68. The fourth-order valence-electron chi connectivity index (χ4n) is 0.631. The molecule has 0 aromatic carbocycles. The number of nitrogens with zero attached hydrogens (tertiary/aromatic N) is 1. The van der Waals surface area contributed by atoms with E-state index in [4.69, 9.17) is 10.2 Å². The van der Waals surface area contributed by atoms with Crippen LogP contribution in [0.1, 0.15) is 17.1 Å². The van der Waals surface area contributed by atoms with Crippen LogP contribution in [-0.4, -0.2) is 21.8 Å². The normalized spacial score (nSPS) is 9.17. The van der Waals surface area contributed by atoms with Gasteiger partial charge in [-0.25, -0.2) is 4.98 Å². The maximum absolute atomic E-state index is 8.68. The number of aromatic nitrogens is 1. The predicted molar refractivity (Wildman–Crippen MR) is 46.6 cm³/mol. The van der Waals surface area contributed by atoms with E-state index >= 15 is 0 Å². The predicted octanol–water partition coefficient (Wildman–Crippen LogP) is 0.369. The van der Waals surface area contributed by atoms with Crippen LogP contribution in [0, 0.1) is 11.8 Å². The van der Waals surface area contributed by atoms with E-state index < -0.39 is 0 Å². The molecule has 0 aliphatic rings. The highest BCUT2D eigenvalue weighted by molar-refractivity contribution is 7.10. The molecule has 0 aliphatic carbocycles. The van der Waals surface area contributed by atoms with Crippen molar-refractivity contribution in [2.45, 2.75) is 13.0 Å². The van der Waals surface area contributed by atoms with Crippen LogP contribution in [0.2, 0.25) is 0 Å². The first-order valence-corrected chi connectivity index (χ1v) is 4.39. The van der Waals surface area contributed by atoms with Gasteiger partial charge in [-0.15, -0.1) is 11.3 Å². The monoisotopic (exact) mass is 183 g/mol. The molecule has 0 unspecified atom stereocenters. The Balaban J connectivity index is 2.59. The quantitative estimate of drug-likeness (QED) is 0.651. The fraction of sp³-hybridized carbons (Fsp3) is 0.375. The Kier molecular flexibility index (Phi) is 3.74. The van der Waals surface area contributed by atoms with Gasteiger partial charge in [0.15, 0.2) is 5.01 Å². The van der Waals surface area contributed by atoms with Crippen LogP contribution in [0.5, 0.6) is 0 Å². The highest BCUT2D eigenvalue weighted by atomic mass is 32.1. The molecule has 0 radical (unpaired) electrons. The second kappa shape index (κ2) is 4.88. The van der Waals surface area contributed by atoms with Crippen LogP contribution in [0.15, 0.2) is 5.38 Å². The van der Waals surface area contributed by atoms with Crippen LogP contribution in [-0.2, 0) is 6.61 Å². The zero-order chi connectivity index (χ0) is 8.81. The zero-order valence-electron chi connectivity index (χ0n) is 6.45. The van der Waals surface area contributed by atoms with Gasteiger partial charge in [0.05, 0.1) is 18.9 Å². The molecule has 1 aromatic heterocycles. The number of aliphatic hydroxyl groups excluding tert-OH is 2. The molecule has 0 saturated heterocycles. The molecule has 0 amide bonds. The van der Waals surface area contributed by atoms with Crippen molar-refractivity contribution in [3.63, 3.8) is 0 Å². The number of aliphatic hydroxyl groups is 2. The van der Waals surface area contributed by atoms with Crippen molar-refractivity contribution in [2.75, 3.05) is 6.61 Å². The topological polar surface area (TPSA) is 53.4 Å². The lowest BCUT2D eigenvalue weighted by molar-refractivity contribution is 0.277. The lowest BCUT2D eigenvalue weighted by Gasteiger charge is -1.80. The van der Waals surface area contributed by atoms with E-state index in [1.165, 1.54) is 11.3 Å². The van der Waals surface area contributed by atoms with Crippen molar-refractivity contribution >= 4 is 11.3 Å². The van der Waals surface area contributed by atoms with E-state index in [0.29, 0.717) is 17.1 Å². The van der Waals surface area contributed by atoms with Gasteiger partial charge in [-0.2, -0.15) is 0 Å². The van der Waals surface area contributed by atoms with Crippen molar-refractivity contribution in [1.82, 2.24) is 4.98 Å². The average Bonchev–Trinajstić information content (AvgIpc) is 2.53. The summed E-state index contributed by atoms with van der Waals surface area (Å²) in [5.74, 6) is 5.54. The van der Waals surface area contributed by atoms with Crippen LogP contribution >= 0.6 is 11.3 Å². The van der Waals surface area contributed by atoms with Crippen molar-refractivity contribution in [2.24, 2.45) is 0 Å². The summed E-state index contributed by atoms with van der Waals surface area (Å²) in [6, 6.07) is 0. The van der Waals surface area contributed by atoms with E-state index in [1.54, 1.807) is 5.38 Å².